The second-order valence-corrected chi connectivity index (χ2v) is 4.99. The maximum absolute atomic E-state index is 13.8. The number of benzene rings is 2. The molecule has 0 aliphatic rings. The first-order chi connectivity index (χ1) is 9.76. The van der Waals surface area contributed by atoms with Crippen LogP contribution >= 0.6 is 0 Å². The second-order valence-electron chi connectivity index (χ2n) is 4.99. The van der Waals surface area contributed by atoms with Gasteiger partial charge >= 0.3 is 0 Å². The summed E-state index contributed by atoms with van der Waals surface area (Å²) in [5.74, 6) is 5.81. The molecule has 0 saturated carbocycles. The Kier molecular flexibility index (Phi) is 5.27. The molecule has 20 heavy (non-hydrogen) atoms. The third kappa shape index (κ3) is 3.44. The van der Waals surface area contributed by atoms with E-state index in [1.54, 1.807) is 6.07 Å². The van der Waals surface area contributed by atoms with Crippen molar-refractivity contribution in [1.82, 2.24) is 5.43 Å². The molecule has 0 fully saturated rings. The molecule has 2 atom stereocenters. The summed E-state index contributed by atoms with van der Waals surface area (Å²) in [6, 6.07) is 17.1. The van der Waals surface area contributed by atoms with Gasteiger partial charge in [-0.3, -0.25) is 11.3 Å². The number of hydrogen-bond acceptors (Lipinski definition) is 2. The van der Waals surface area contributed by atoms with Crippen molar-refractivity contribution in [2.24, 2.45) is 5.84 Å². The van der Waals surface area contributed by atoms with Crippen LogP contribution in [-0.2, 0) is 6.42 Å². The Balaban J connectivity index is 2.20. The van der Waals surface area contributed by atoms with Crippen LogP contribution < -0.4 is 11.3 Å². The lowest BCUT2D eigenvalue weighted by Crippen LogP contribution is -2.41. The highest BCUT2D eigenvalue weighted by molar-refractivity contribution is 5.24. The van der Waals surface area contributed by atoms with E-state index in [9.17, 15) is 4.39 Å². The molecule has 2 nitrogen and oxygen atoms in total. The van der Waals surface area contributed by atoms with Crippen molar-refractivity contribution in [3.8, 4) is 0 Å². The fourth-order valence-corrected chi connectivity index (χ4v) is 2.67. The molecule has 0 radical (unpaired) electrons. The maximum Gasteiger partial charge on any atom is 0.126 e. The van der Waals surface area contributed by atoms with E-state index in [1.807, 2.05) is 30.3 Å². The first-order valence-corrected chi connectivity index (χ1v) is 7.00. The van der Waals surface area contributed by atoms with Crippen molar-refractivity contribution in [3.63, 3.8) is 0 Å². The van der Waals surface area contributed by atoms with Gasteiger partial charge in [-0.2, -0.15) is 0 Å². The van der Waals surface area contributed by atoms with E-state index in [1.165, 1.54) is 11.6 Å². The molecular weight excluding hydrogens is 251 g/mol. The summed E-state index contributed by atoms with van der Waals surface area (Å²) < 4.78 is 13.8. The SMILES string of the molecule is CCC(c1ccccc1)C(Cc1ccccc1F)NN. The minimum Gasteiger partial charge on any atom is -0.271 e. The zero-order valence-electron chi connectivity index (χ0n) is 11.7. The van der Waals surface area contributed by atoms with E-state index < -0.39 is 0 Å². The van der Waals surface area contributed by atoms with Crippen LogP contribution in [-0.4, -0.2) is 6.04 Å². The number of rotatable bonds is 6. The summed E-state index contributed by atoms with van der Waals surface area (Å²) in [4.78, 5) is 0. The van der Waals surface area contributed by atoms with Gasteiger partial charge in [-0.25, -0.2) is 4.39 Å². The van der Waals surface area contributed by atoms with E-state index >= 15 is 0 Å². The molecule has 0 aliphatic heterocycles. The molecule has 0 bridgehead atoms. The van der Waals surface area contributed by atoms with E-state index in [2.05, 4.69) is 24.5 Å². The summed E-state index contributed by atoms with van der Waals surface area (Å²) in [5, 5.41) is 0. The highest BCUT2D eigenvalue weighted by Gasteiger charge is 2.21. The van der Waals surface area contributed by atoms with Crippen molar-refractivity contribution in [2.75, 3.05) is 0 Å². The van der Waals surface area contributed by atoms with Gasteiger partial charge in [0.1, 0.15) is 5.82 Å². The highest BCUT2D eigenvalue weighted by atomic mass is 19.1. The Labute approximate surface area is 119 Å². The van der Waals surface area contributed by atoms with E-state index in [0.717, 1.165) is 6.42 Å². The van der Waals surface area contributed by atoms with Gasteiger partial charge < -0.3 is 0 Å². The van der Waals surface area contributed by atoms with Crippen molar-refractivity contribution >= 4 is 0 Å². The first kappa shape index (κ1) is 14.7. The van der Waals surface area contributed by atoms with Gasteiger partial charge in [0.05, 0.1) is 0 Å². The number of nitrogens with two attached hydrogens (primary N) is 1. The Morgan fingerprint density at radius 3 is 2.30 bits per heavy atom. The lowest BCUT2D eigenvalue weighted by Gasteiger charge is -2.26. The van der Waals surface area contributed by atoms with Crippen LogP contribution in [0.5, 0.6) is 0 Å². The average molecular weight is 272 g/mol. The smallest absolute Gasteiger partial charge is 0.126 e. The van der Waals surface area contributed by atoms with Gasteiger partial charge in [0.2, 0.25) is 0 Å². The standard InChI is InChI=1S/C17H21FN2/c1-2-15(13-8-4-3-5-9-13)17(20-19)12-14-10-6-7-11-16(14)18/h3-11,15,17,20H,2,12,19H2,1H3. The van der Waals surface area contributed by atoms with Crippen LogP contribution in [0.3, 0.4) is 0 Å². The zero-order valence-corrected chi connectivity index (χ0v) is 11.7. The topological polar surface area (TPSA) is 38.0 Å². The van der Waals surface area contributed by atoms with Crippen LogP contribution in [0.1, 0.15) is 30.4 Å². The van der Waals surface area contributed by atoms with Crippen molar-refractivity contribution in [2.45, 2.75) is 31.7 Å². The Bertz CT molecular complexity index is 528. The molecule has 0 amide bonds. The lowest BCUT2D eigenvalue weighted by atomic mass is 9.86. The molecule has 2 aromatic rings. The number of halogens is 1. The Morgan fingerprint density at radius 2 is 1.70 bits per heavy atom. The molecule has 0 spiro atoms. The highest BCUT2D eigenvalue weighted by Crippen LogP contribution is 2.25. The molecule has 2 aromatic carbocycles. The molecule has 3 heteroatoms. The van der Waals surface area contributed by atoms with Gasteiger partial charge in [-0.1, -0.05) is 55.5 Å². The minimum atomic E-state index is -0.171. The second kappa shape index (κ2) is 7.17. The van der Waals surface area contributed by atoms with Gasteiger partial charge in [-0.15, -0.1) is 0 Å². The summed E-state index contributed by atoms with van der Waals surface area (Å²) in [6.07, 6.45) is 1.53. The van der Waals surface area contributed by atoms with Gasteiger partial charge in [0.15, 0.2) is 0 Å². The van der Waals surface area contributed by atoms with Crippen LogP contribution in [0.4, 0.5) is 4.39 Å². The molecule has 106 valence electrons. The molecule has 0 saturated heterocycles. The minimum absolute atomic E-state index is 0.0132. The third-order valence-electron chi connectivity index (χ3n) is 3.76. The molecule has 0 aliphatic carbocycles. The Hall–Kier alpha value is -1.71. The number of hydrazine groups is 1. The molecule has 0 heterocycles. The first-order valence-electron chi connectivity index (χ1n) is 7.00. The largest absolute Gasteiger partial charge is 0.271 e. The molecule has 0 aromatic heterocycles. The van der Waals surface area contributed by atoms with Gasteiger partial charge in [-0.05, 0) is 30.0 Å². The van der Waals surface area contributed by atoms with Crippen molar-refractivity contribution in [3.05, 3.63) is 71.5 Å². The predicted molar refractivity (Wildman–Crippen MR) is 80.7 cm³/mol. The van der Waals surface area contributed by atoms with Crippen LogP contribution in [0, 0.1) is 5.82 Å². The van der Waals surface area contributed by atoms with Crippen LogP contribution in [0.2, 0.25) is 0 Å². The lowest BCUT2D eigenvalue weighted by molar-refractivity contribution is 0.421. The van der Waals surface area contributed by atoms with Crippen LogP contribution in [0.15, 0.2) is 54.6 Å². The zero-order chi connectivity index (χ0) is 14.4. The quantitative estimate of drug-likeness (QED) is 0.625. The van der Waals surface area contributed by atoms with E-state index in [4.69, 9.17) is 5.84 Å². The maximum atomic E-state index is 13.8. The monoisotopic (exact) mass is 272 g/mol. The fraction of sp³-hybridized carbons (Fsp3) is 0.294. The third-order valence-corrected chi connectivity index (χ3v) is 3.76. The van der Waals surface area contributed by atoms with E-state index in [0.29, 0.717) is 12.0 Å². The molecule has 2 rings (SSSR count). The van der Waals surface area contributed by atoms with Gasteiger partial charge in [0, 0.05) is 12.0 Å². The van der Waals surface area contributed by atoms with Crippen molar-refractivity contribution < 1.29 is 4.39 Å². The number of nitrogens with one attached hydrogen (secondary N) is 1. The van der Waals surface area contributed by atoms with Crippen molar-refractivity contribution in [1.29, 1.82) is 0 Å². The summed E-state index contributed by atoms with van der Waals surface area (Å²) >= 11 is 0. The fourth-order valence-electron chi connectivity index (χ4n) is 2.67. The van der Waals surface area contributed by atoms with Gasteiger partial charge in [0.25, 0.3) is 0 Å². The summed E-state index contributed by atoms with van der Waals surface area (Å²) in [5.41, 5.74) is 4.79. The summed E-state index contributed by atoms with van der Waals surface area (Å²) in [6.45, 7) is 2.13. The molecule has 2 unspecified atom stereocenters. The normalized spacial score (nSPS) is 13.9. The predicted octanol–water partition coefficient (Wildman–Crippen LogP) is 3.39. The van der Waals surface area contributed by atoms with E-state index in [-0.39, 0.29) is 17.8 Å². The molecular formula is C17H21FN2. The number of hydrogen-bond donors (Lipinski definition) is 2. The summed E-state index contributed by atoms with van der Waals surface area (Å²) in [7, 11) is 0. The average Bonchev–Trinajstić information content (AvgIpc) is 2.50. The van der Waals surface area contributed by atoms with Crippen LogP contribution in [0.25, 0.3) is 0 Å². The molecule has 3 N–H and O–H groups in total. The Morgan fingerprint density at radius 1 is 1.05 bits per heavy atom.